The molecular weight excluding hydrogens is 933 g/mol. The monoisotopic (exact) mass is 1060 g/mol. The van der Waals surface area contributed by atoms with Crippen LogP contribution in [0.5, 0.6) is 0 Å². The average molecular weight is 1060 g/mol. The average Bonchev–Trinajstić information content (AvgIpc) is 3.42. The molecule has 0 amide bonds. The number of rotatable bonds is 61. The normalized spacial score (nSPS) is 12.7. The minimum atomic E-state index is -0.775. The summed E-state index contributed by atoms with van der Waals surface area (Å²) >= 11 is 0. The second-order valence-corrected chi connectivity index (χ2v) is 22.2. The van der Waals surface area contributed by atoms with Crippen molar-refractivity contribution < 1.29 is 24.2 Å². The van der Waals surface area contributed by atoms with Crippen molar-refractivity contribution in [3.05, 3.63) is 85.1 Å². The minimum Gasteiger partial charge on any atom is -0.462 e. The Bertz CT molecular complexity index is 1380. The number of aliphatic hydroxyl groups excluding tert-OH is 1. The van der Waals surface area contributed by atoms with Crippen LogP contribution in [0.1, 0.15) is 335 Å². The van der Waals surface area contributed by atoms with Crippen LogP contribution in [0.25, 0.3) is 0 Å². The van der Waals surface area contributed by atoms with Gasteiger partial charge in [-0.05, 0) is 89.9 Å². The maximum atomic E-state index is 12.4. The molecule has 0 aliphatic heterocycles. The Hall–Kier alpha value is -2.92. The van der Waals surface area contributed by atoms with E-state index in [0.29, 0.717) is 12.8 Å². The van der Waals surface area contributed by atoms with E-state index in [1.165, 1.54) is 231 Å². The fraction of sp³-hybridized carbons (Fsp3) is 0.775. The van der Waals surface area contributed by atoms with Gasteiger partial charge >= 0.3 is 11.9 Å². The van der Waals surface area contributed by atoms with Crippen molar-refractivity contribution >= 4 is 11.9 Å². The standard InChI is InChI=1S/C71H126O5/c1-3-5-7-9-11-13-15-17-19-21-23-25-27-29-31-33-34-35-36-38-40-42-44-46-48-50-52-54-56-58-60-62-64-66-71(74)76-69(67-72)68-75-70(73)65-63-61-59-57-55-53-51-49-47-45-43-41-39-37-32-30-28-26-24-22-20-18-16-14-12-10-8-6-4-2/h5,7,11,13,16-19,22-25,29,31,69,72H,3-4,6,8-10,12,14-15,20-21,26-28,30,32-68H2,1-2H3/b7-5-,13-11-,18-16-,19-17-,24-22-,25-23-,31-29-. The molecule has 0 aromatic rings. The van der Waals surface area contributed by atoms with Gasteiger partial charge in [-0.3, -0.25) is 9.59 Å². The number of ether oxygens (including phenoxy) is 2. The zero-order valence-corrected chi connectivity index (χ0v) is 50.5. The SMILES string of the molecule is CC/C=C\C/C=C\C/C=C\C/C=C\C/C=C\CCCCCCCCCCCCCCCCCCCC(=O)OC(CO)COC(=O)CCCCCCCCCCCCCCCCCCC/C=C\C/C=C\CCCCCCC. The van der Waals surface area contributed by atoms with Crippen LogP contribution in [-0.4, -0.2) is 36.4 Å². The summed E-state index contributed by atoms with van der Waals surface area (Å²) in [5, 5.41) is 9.69. The number of unbranched alkanes of at least 4 members (excludes halogenated alkanes) is 39. The fourth-order valence-corrected chi connectivity index (χ4v) is 9.73. The van der Waals surface area contributed by atoms with Crippen molar-refractivity contribution in [3.63, 3.8) is 0 Å². The van der Waals surface area contributed by atoms with Crippen molar-refractivity contribution in [2.75, 3.05) is 13.2 Å². The summed E-state index contributed by atoms with van der Waals surface area (Å²) in [6.45, 7) is 4.06. The van der Waals surface area contributed by atoms with Crippen LogP contribution in [0.2, 0.25) is 0 Å². The highest BCUT2D eigenvalue weighted by atomic mass is 16.6. The lowest BCUT2D eigenvalue weighted by Gasteiger charge is -2.15. The van der Waals surface area contributed by atoms with Crippen LogP contribution in [0.3, 0.4) is 0 Å². The molecular formula is C71H126O5. The Balaban J connectivity index is 3.44. The number of hydrogen-bond donors (Lipinski definition) is 1. The number of carbonyl (C=O) groups is 2. The van der Waals surface area contributed by atoms with Gasteiger partial charge in [0, 0.05) is 12.8 Å². The van der Waals surface area contributed by atoms with Crippen LogP contribution in [-0.2, 0) is 19.1 Å². The largest absolute Gasteiger partial charge is 0.462 e. The first kappa shape index (κ1) is 73.1. The van der Waals surface area contributed by atoms with Gasteiger partial charge in [-0.25, -0.2) is 0 Å². The molecule has 0 fully saturated rings. The highest BCUT2D eigenvalue weighted by molar-refractivity contribution is 5.70. The molecule has 0 radical (unpaired) electrons. The number of hydrogen-bond acceptors (Lipinski definition) is 5. The predicted molar refractivity (Wildman–Crippen MR) is 334 cm³/mol. The molecule has 0 heterocycles. The lowest BCUT2D eigenvalue weighted by molar-refractivity contribution is -0.161. The van der Waals surface area contributed by atoms with E-state index in [0.717, 1.165) is 77.0 Å². The molecule has 0 rings (SSSR count). The summed E-state index contributed by atoms with van der Waals surface area (Å²) in [7, 11) is 0. The summed E-state index contributed by atoms with van der Waals surface area (Å²) in [4.78, 5) is 24.6. The van der Waals surface area contributed by atoms with Gasteiger partial charge in [-0.15, -0.1) is 0 Å². The van der Waals surface area contributed by atoms with Gasteiger partial charge in [-0.1, -0.05) is 317 Å². The Morgan fingerprint density at radius 3 is 0.855 bits per heavy atom. The molecule has 1 atom stereocenters. The lowest BCUT2D eigenvalue weighted by atomic mass is 10.0. The van der Waals surface area contributed by atoms with Gasteiger partial charge < -0.3 is 14.6 Å². The predicted octanol–water partition coefficient (Wildman–Crippen LogP) is 22.9. The Kier molecular flexibility index (Phi) is 63.8. The number of aliphatic hydroxyl groups is 1. The molecule has 76 heavy (non-hydrogen) atoms. The second kappa shape index (κ2) is 66.4. The van der Waals surface area contributed by atoms with Crippen LogP contribution in [0, 0.1) is 0 Å². The molecule has 0 saturated heterocycles. The van der Waals surface area contributed by atoms with Crippen LogP contribution >= 0.6 is 0 Å². The van der Waals surface area contributed by atoms with Gasteiger partial charge in [0.05, 0.1) is 6.61 Å². The van der Waals surface area contributed by atoms with Gasteiger partial charge in [0.15, 0.2) is 6.10 Å². The van der Waals surface area contributed by atoms with E-state index in [1.54, 1.807) is 0 Å². The molecule has 0 bridgehead atoms. The smallest absolute Gasteiger partial charge is 0.306 e. The van der Waals surface area contributed by atoms with Crippen LogP contribution < -0.4 is 0 Å². The molecule has 0 aliphatic rings. The van der Waals surface area contributed by atoms with Gasteiger partial charge in [-0.2, -0.15) is 0 Å². The Morgan fingerprint density at radius 2 is 0.566 bits per heavy atom. The van der Waals surface area contributed by atoms with E-state index >= 15 is 0 Å². The maximum absolute atomic E-state index is 12.4. The second-order valence-electron chi connectivity index (χ2n) is 22.2. The summed E-state index contributed by atoms with van der Waals surface area (Å²) < 4.78 is 10.8. The van der Waals surface area contributed by atoms with E-state index in [1.807, 2.05) is 0 Å². The van der Waals surface area contributed by atoms with E-state index in [2.05, 4.69) is 98.9 Å². The first-order valence-electron chi connectivity index (χ1n) is 33.1. The van der Waals surface area contributed by atoms with Crippen molar-refractivity contribution in [3.8, 4) is 0 Å². The van der Waals surface area contributed by atoms with Gasteiger partial charge in [0.25, 0.3) is 0 Å². The Morgan fingerprint density at radius 1 is 0.316 bits per heavy atom. The summed E-state index contributed by atoms with van der Waals surface area (Å²) in [6.07, 6.45) is 93.1. The highest BCUT2D eigenvalue weighted by Crippen LogP contribution is 2.18. The fourth-order valence-electron chi connectivity index (χ4n) is 9.73. The number of allylic oxidation sites excluding steroid dienone is 14. The van der Waals surface area contributed by atoms with Crippen molar-refractivity contribution in [2.24, 2.45) is 0 Å². The van der Waals surface area contributed by atoms with Crippen molar-refractivity contribution in [2.45, 2.75) is 341 Å². The number of esters is 2. The molecule has 0 saturated carbocycles. The molecule has 1 N–H and O–H groups in total. The van der Waals surface area contributed by atoms with Crippen LogP contribution in [0.15, 0.2) is 85.1 Å². The summed E-state index contributed by atoms with van der Waals surface area (Å²) in [5.41, 5.74) is 0. The molecule has 5 nitrogen and oxygen atoms in total. The quantitative estimate of drug-likeness (QED) is 0.0373. The first-order valence-corrected chi connectivity index (χ1v) is 33.1. The minimum absolute atomic E-state index is 0.0642. The number of carbonyl (C=O) groups excluding carboxylic acids is 2. The lowest BCUT2D eigenvalue weighted by Crippen LogP contribution is -2.28. The third kappa shape index (κ3) is 63.6. The topological polar surface area (TPSA) is 72.8 Å². The summed E-state index contributed by atoms with van der Waals surface area (Å²) in [6, 6.07) is 0. The highest BCUT2D eigenvalue weighted by Gasteiger charge is 2.16. The maximum Gasteiger partial charge on any atom is 0.306 e. The molecule has 5 heteroatoms. The molecule has 0 aromatic heterocycles. The third-order valence-corrected chi connectivity index (χ3v) is 14.7. The molecule has 0 aromatic carbocycles. The van der Waals surface area contributed by atoms with E-state index in [4.69, 9.17) is 9.47 Å². The first-order chi connectivity index (χ1) is 37.6. The molecule has 0 aliphatic carbocycles. The zero-order valence-electron chi connectivity index (χ0n) is 50.5. The van der Waals surface area contributed by atoms with E-state index < -0.39 is 6.10 Å². The van der Waals surface area contributed by atoms with Gasteiger partial charge in [0.1, 0.15) is 6.61 Å². The molecule has 440 valence electrons. The molecule has 0 spiro atoms. The van der Waals surface area contributed by atoms with Crippen molar-refractivity contribution in [1.82, 2.24) is 0 Å². The van der Waals surface area contributed by atoms with E-state index in [9.17, 15) is 14.7 Å². The Labute approximate surface area is 473 Å². The zero-order chi connectivity index (χ0) is 54.8. The van der Waals surface area contributed by atoms with Gasteiger partial charge in [0.2, 0.25) is 0 Å². The third-order valence-electron chi connectivity index (χ3n) is 14.7. The van der Waals surface area contributed by atoms with Crippen LogP contribution in [0.4, 0.5) is 0 Å². The summed E-state index contributed by atoms with van der Waals surface area (Å²) in [5.74, 6) is -0.576. The van der Waals surface area contributed by atoms with Crippen molar-refractivity contribution in [1.29, 1.82) is 0 Å². The molecule has 1 unspecified atom stereocenters. The van der Waals surface area contributed by atoms with E-state index in [-0.39, 0.29) is 25.2 Å².